The number of carbonyl (C=O) groups is 5. The van der Waals surface area contributed by atoms with Gasteiger partial charge in [0.15, 0.2) is 18.7 Å². The van der Waals surface area contributed by atoms with Gasteiger partial charge >= 0.3 is 17.9 Å². The number of carbonyl (C=O) groups excluding carboxylic acids is 5. The van der Waals surface area contributed by atoms with E-state index in [1.807, 2.05) is 27.7 Å². The first kappa shape index (κ1) is 57.3. The number of aldehydes is 1. The highest BCUT2D eigenvalue weighted by Crippen LogP contribution is 2.76. The number of ether oxygens (including phenoxy) is 8. The van der Waals surface area contributed by atoms with Crippen LogP contribution in [0.25, 0.3) is 0 Å². The Kier molecular flexibility index (Phi) is 16.4. The Morgan fingerprint density at radius 3 is 2.10 bits per heavy atom. The third kappa shape index (κ3) is 9.02. The predicted octanol–water partition coefficient (Wildman–Crippen LogP) is 2.31. The summed E-state index contributed by atoms with van der Waals surface area (Å²) in [5.74, 6) is -3.83. The smallest absolute Gasteiger partial charge is 0.333 e. The number of aliphatic hydroxyl groups excluding tert-OH is 7. The summed E-state index contributed by atoms with van der Waals surface area (Å²) in [5.41, 5.74) is -5.27. The largest absolute Gasteiger partial charge is 0.459 e. The van der Waals surface area contributed by atoms with Gasteiger partial charge < -0.3 is 78.4 Å². The molecule has 4 saturated carbocycles. The molecule has 7 rings (SSSR count). The van der Waals surface area contributed by atoms with Crippen LogP contribution in [0.1, 0.15) is 121 Å². The van der Waals surface area contributed by atoms with E-state index in [0.29, 0.717) is 37.7 Å². The minimum Gasteiger partial charge on any atom is -0.459 e. The van der Waals surface area contributed by atoms with Gasteiger partial charge in [0.2, 0.25) is 6.29 Å². The fourth-order valence-electron chi connectivity index (χ4n) is 14.9. The molecule has 20 nitrogen and oxygen atoms in total. The number of fused-ring (bicyclic) bond motifs is 7. The van der Waals surface area contributed by atoms with Crippen molar-refractivity contribution in [3.8, 4) is 0 Å². The summed E-state index contributed by atoms with van der Waals surface area (Å²) in [5, 5.41) is 79.1. The molecule has 23 atom stereocenters. The van der Waals surface area contributed by atoms with Gasteiger partial charge in [0.1, 0.15) is 61.2 Å². The summed E-state index contributed by atoms with van der Waals surface area (Å²) in [7, 11) is 0. The zero-order valence-corrected chi connectivity index (χ0v) is 44.0. The molecule has 412 valence electrons. The summed E-state index contributed by atoms with van der Waals surface area (Å²) in [6.45, 7) is 18.8. The van der Waals surface area contributed by atoms with Crippen molar-refractivity contribution in [2.45, 2.75) is 207 Å². The number of hydrogen-bond donors (Lipinski definition) is 7. The highest BCUT2D eigenvalue weighted by atomic mass is 16.8. The van der Waals surface area contributed by atoms with E-state index in [1.54, 1.807) is 33.8 Å². The second-order valence-corrected chi connectivity index (χ2v) is 23.7. The van der Waals surface area contributed by atoms with Crippen LogP contribution in [0, 0.1) is 56.2 Å². The molecule has 2 saturated heterocycles. The average Bonchev–Trinajstić information content (AvgIpc) is 3.34. The first-order chi connectivity index (χ1) is 34.1. The van der Waals surface area contributed by atoms with E-state index in [0.717, 1.165) is 11.9 Å². The number of aliphatic hydroxyl groups is 7. The van der Waals surface area contributed by atoms with Gasteiger partial charge in [-0.3, -0.25) is 14.4 Å². The molecule has 73 heavy (non-hydrogen) atoms. The molecular weight excluding hydrogens is 957 g/mol. The Hall–Kier alpha value is -3.41. The van der Waals surface area contributed by atoms with E-state index in [9.17, 15) is 59.7 Å². The molecule has 6 fully saturated rings. The number of rotatable bonds is 14. The molecule has 20 heteroatoms. The minimum absolute atomic E-state index is 0.0229. The molecule has 5 aliphatic carbocycles. The van der Waals surface area contributed by atoms with Crippen molar-refractivity contribution in [3.05, 3.63) is 23.3 Å². The summed E-state index contributed by atoms with van der Waals surface area (Å²) >= 11 is 0. The van der Waals surface area contributed by atoms with E-state index in [-0.39, 0.29) is 31.1 Å². The van der Waals surface area contributed by atoms with Crippen molar-refractivity contribution in [1.82, 2.24) is 0 Å². The fraction of sp³-hybridized carbons (Fsp3) is 0.830. The van der Waals surface area contributed by atoms with Crippen LogP contribution in [0.15, 0.2) is 23.3 Å². The molecule has 13 unspecified atom stereocenters. The van der Waals surface area contributed by atoms with Crippen LogP contribution in [0.2, 0.25) is 0 Å². The van der Waals surface area contributed by atoms with Gasteiger partial charge in [-0.15, -0.1) is 0 Å². The molecule has 0 bridgehead atoms. The van der Waals surface area contributed by atoms with Gasteiger partial charge in [0.25, 0.3) is 6.47 Å². The summed E-state index contributed by atoms with van der Waals surface area (Å²) in [6, 6.07) is 0. The lowest BCUT2D eigenvalue weighted by Gasteiger charge is -2.73. The van der Waals surface area contributed by atoms with Crippen molar-refractivity contribution >= 4 is 30.7 Å². The second kappa shape index (κ2) is 20.9. The highest BCUT2D eigenvalue weighted by Gasteiger charge is 2.77. The van der Waals surface area contributed by atoms with Crippen LogP contribution in [0.4, 0.5) is 0 Å². The van der Waals surface area contributed by atoms with Crippen LogP contribution < -0.4 is 0 Å². The predicted molar refractivity (Wildman–Crippen MR) is 254 cm³/mol. The van der Waals surface area contributed by atoms with Crippen LogP contribution in [-0.4, -0.2) is 166 Å². The SMILES string of the molecule is C/C=C(/C)C(=O)O[C@H]1[C@H](OC(=O)C(C)CC)[C@]2(CO)[C@H](OC(C)=O)[C@H](O)[C@]3(C)C(=CCC4[C@@]5(C)CCC(OC6OC(OC=O)C(O)C(OC7OCC(O)C(O)C7O)C6O)[C@@](C)(C=O)C5CC[C@]43C)[C@@H]2CC1(C)C. The fourth-order valence-corrected chi connectivity index (χ4v) is 14.9. The molecule has 2 heterocycles. The molecule has 0 aromatic carbocycles. The van der Waals surface area contributed by atoms with Gasteiger partial charge in [-0.2, -0.15) is 0 Å². The molecule has 7 aliphatic rings. The molecule has 0 radical (unpaired) electrons. The molecular formula is C53H80O20. The third-order valence-corrected chi connectivity index (χ3v) is 19.6. The maximum absolute atomic E-state index is 14.0. The number of hydrogen-bond acceptors (Lipinski definition) is 20. The van der Waals surface area contributed by atoms with Crippen LogP contribution in [0.5, 0.6) is 0 Å². The Bertz CT molecular complexity index is 2150. The molecule has 2 aliphatic heterocycles. The summed E-state index contributed by atoms with van der Waals surface area (Å²) < 4.78 is 47.5. The molecule has 0 amide bonds. The van der Waals surface area contributed by atoms with Gasteiger partial charge in [0, 0.05) is 23.3 Å². The Balaban J connectivity index is 1.26. The Morgan fingerprint density at radius 1 is 0.822 bits per heavy atom. The average molecular weight is 1040 g/mol. The van der Waals surface area contributed by atoms with E-state index < -0.39 is 161 Å². The topological polar surface area (TPSA) is 301 Å². The number of esters is 3. The van der Waals surface area contributed by atoms with E-state index in [4.69, 9.17) is 37.9 Å². The summed E-state index contributed by atoms with van der Waals surface area (Å²) in [4.78, 5) is 66.4. The lowest BCUT2D eigenvalue weighted by molar-refractivity contribution is -0.382. The van der Waals surface area contributed by atoms with Crippen molar-refractivity contribution in [1.29, 1.82) is 0 Å². The molecule has 7 N–H and O–H groups in total. The van der Waals surface area contributed by atoms with Gasteiger partial charge in [-0.05, 0) is 87.4 Å². The Labute approximate surface area is 427 Å². The van der Waals surface area contributed by atoms with Crippen LogP contribution >= 0.6 is 0 Å². The van der Waals surface area contributed by atoms with E-state index in [2.05, 4.69) is 19.9 Å². The zero-order chi connectivity index (χ0) is 54.1. The highest BCUT2D eigenvalue weighted by molar-refractivity contribution is 5.88. The zero-order valence-electron chi connectivity index (χ0n) is 44.0. The van der Waals surface area contributed by atoms with Crippen molar-refractivity contribution in [3.63, 3.8) is 0 Å². The first-order valence-corrected chi connectivity index (χ1v) is 25.9. The van der Waals surface area contributed by atoms with Crippen molar-refractivity contribution in [2.75, 3.05) is 13.2 Å². The Morgan fingerprint density at radius 2 is 1.49 bits per heavy atom. The van der Waals surface area contributed by atoms with Crippen LogP contribution in [0.3, 0.4) is 0 Å². The monoisotopic (exact) mass is 1040 g/mol. The van der Waals surface area contributed by atoms with Crippen molar-refractivity contribution < 1.29 is 97.6 Å². The van der Waals surface area contributed by atoms with Gasteiger partial charge in [0.05, 0.1) is 36.1 Å². The maximum Gasteiger partial charge on any atom is 0.333 e. The van der Waals surface area contributed by atoms with E-state index in [1.165, 1.54) is 6.92 Å². The van der Waals surface area contributed by atoms with Crippen molar-refractivity contribution in [2.24, 2.45) is 56.2 Å². The quantitative estimate of drug-likeness (QED) is 0.0328. The molecule has 0 aromatic heterocycles. The minimum atomic E-state index is -1.84. The van der Waals surface area contributed by atoms with Gasteiger partial charge in [-0.1, -0.05) is 73.1 Å². The standard InChI is InChI=1S/C53H80O20/c1-12-25(3)43(64)71-41-42(72-44(65)26(4)13-2)53(23-55)29(20-48(41,6)7)28-14-15-32-49(8)18-17-33(50(9,22-54)31(49)16-19-51(32,10)52(28,11)39(63)40(53)68-27(5)57)69-47-37(62)38(36(61)46(73-47)67-24-56)70-45-35(60)34(59)30(58)21-66-45/h12,14,22,24,26,29-42,45-47,55,58-63H,13,15-21,23H2,1-11H3/b25-12-/t26?,29-,30?,31?,32?,33?,34?,35?,36?,37?,38?,39-,40+,41-,42-,45?,46?,47?,49-,50-,51+,52-,53-/m0/s1. The molecule has 0 spiro atoms. The maximum atomic E-state index is 14.0. The normalized spacial score (nSPS) is 47.7. The molecule has 0 aromatic rings. The third-order valence-electron chi connectivity index (χ3n) is 19.6. The van der Waals surface area contributed by atoms with Crippen LogP contribution in [-0.2, 0) is 61.9 Å². The van der Waals surface area contributed by atoms with Gasteiger partial charge in [-0.25, -0.2) is 4.79 Å². The summed E-state index contributed by atoms with van der Waals surface area (Å²) in [6.07, 6.45) is -14.4. The lowest BCUT2D eigenvalue weighted by Crippen LogP contribution is -2.77. The lowest BCUT2D eigenvalue weighted by atomic mass is 9.32. The first-order valence-electron chi connectivity index (χ1n) is 25.9. The van der Waals surface area contributed by atoms with E-state index >= 15 is 0 Å². The number of allylic oxidation sites excluding steroid dienone is 2. The second-order valence-electron chi connectivity index (χ2n) is 23.7.